The molecule has 0 spiro atoms. The fourth-order valence-electron chi connectivity index (χ4n) is 3.60. The fraction of sp³-hybridized carbons (Fsp3) is 0.474. The molecule has 0 radical (unpaired) electrons. The standard InChI is InChI=1S/C19H22N2O2S/c1-10-5-8-13(23-10)16-20-17(22)15-12-7-6-11(19(2,3)4)9-14(12)24-18(15)21-16/h5,8,11H,6-7,9H2,1-4H3,(H,20,21,22)/t11-/m1/s1. The first-order chi connectivity index (χ1) is 11.3. The van der Waals surface area contributed by atoms with Crippen molar-refractivity contribution in [2.75, 3.05) is 0 Å². The Bertz CT molecular complexity index is 972. The highest BCUT2D eigenvalue weighted by Crippen LogP contribution is 2.42. The van der Waals surface area contributed by atoms with Crippen molar-refractivity contribution in [2.45, 2.75) is 47.0 Å². The first kappa shape index (κ1) is 15.6. The fourth-order valence-corrected chi connectivity index (χ4v) is 4.90. The van der Waals surface area contributed by atoms with Gasteiger partial charge in [0.1, 0.15) is 10.6 Å². The highest BCUT2D eigenvalue weighted by atomic mass is 32.1. The second-order valence-corrected chi connectivity index (χ2v) is 8.90. The van der Waals surface area contributed by atoms with Gasteiger partial charge in [-0.05, 0) is 55.2 Å². The Morgan fingerprint density at radius 1 is 1.33 bits per heavy atom. The molecule has 0 fully saturated rings. The topological polar surface area (TPSA) is 58.9 Å². The SMILES string of the molecule is Cc1ccc(-c2nc3sc4c(c3c(=O)[nH]2)CC[C@@H](C(C)(C)C)C4)o1. The molecule has 1 aliphatic carbocycles. The molecule has 0 bridgehead atoms. The minimum absolute atomic E-state index is 0.0456. The molecule has 3 heterocycles. The maximum atomic E-state index is 12.7. The largest absolute Gasteiger partial charge is 0.458 e. The summed E-state index contributed by atoms with van der Waals surface area (Å²) in [6.45, 7) is 8.80. The predicted molar refractivity (Wildman–Crippen MR) is 97.6 cm³/mol. The van der Waals surface area contributed by atoms with Gasteiger partial charge in [-0.3, -0.25) is 4.79 Å². The van der Waals surface area contributed by atoms with Gasteiger partial charge in [0.05, 0.1) is 5.39 Å². The summed E-state index contributed by atoms with van der Waals surface area (Å²) >= 11 is 1.68. The minimum Gasteiger partial charge on any atom is -0.458 e. The van der Waals surface area contributed by atoms with Gasteiger partial charge < -0.3 is 9.40 Å². The first-order valence-corrected chi connectivity index (χ1v) is 9.26. The van der Waals surface area contributed by atoms with Crippen LogP contribution in [-0.2, 0) is 12.8 Å². The monoisotopic (exact) mass is 342 g/mol. The number of furan rings is 1. The maximum absolute atomic E-state index is 12.7. The lowest BCUT2D eigenvalue weighted by Crippen LogP contribution is -2.26. The Hall–Kier alpha value is -1.88. The molecule has 3 aromatic rings. The van der Waals surface area contributed by atoms with Crippen LogP contribution in [0.3, 0.4) is 0 Å². The molecule has 24 heavy (non-hydrogen) atoms. The van der Waals surface area contributed by atoms with Crippen molar-refractivity contribution in [3.8, 4) is 11.6 Å². The average Bonchev–Trinajstić information content (AvgIpc) is 3.08. The van der Waals surface area contributed by atoms with Crippen molar-refractivity contribution in [2.24, 2.45) is 11.3 Å². The third kappa shape index (κ3) is 2.51. The number of H-pyrrole nitrogens is 1. The molecule has 5 heteroatoms. The summed E-state index contributed by atoms with van der Waals surface area (Å²) < 4.78 is 5.61. The molecule has 0 aliphatic heterocycles. The third-order valence-electron chi connectivity index (χ3n) is 5.12. The van der Waals surface area contributed by atoms with Crippen molar-refractivity contribution < 1.29 is 4.42 Å². The Balaban J connectivity index is 1.82. The Morgan fingerprint density at radius 3 is 2.79 bits per heavy atom. The molecule has 1 N–H and O–H groups in total. The zero-order valence-corrected chi connectivity index (χ0v) is 15.3. The molecule has 0 unspecified atom stereocenters. The van der Waals surface area contributed by atoms with Gasteiger partial charge in [-0.15, -0.1) is 11.3 Å². The van der Waals surface area contributed by atoms with Crippen LogP contribution in [0, 0.1) is 18.3 Å². The summed E-state index contributed by atoms with van der Waals surface area (Å²) in [4.78, 5) is 22.4. The van der Waals surface area contributed by atoms with E-state index in [4.69, 9.17) is 4.42 Å². The van der Waals surface area contributed by atoms with Gasteiger partial charge in [-0.25, -0.2) is 4.98 Å². The van der Waals surface area contributed by atoms with Gasteiger partial charge in [0.2, 0.25) is 0 Å². The first-order valence-electron chi connectivity index (χ1n) is 8.44. The number of thiophene rings is 1. The molecule has 126 valence electrons. The Kier molecular flexibility index (Phi) is 3.46. The summed E-state index contributed by atoms with van der Waals surface area (Å²) in [6.07, 6.45) is 3.16. The van der Waals surface area contributed by atoms with Gasteiger partial charge in [-0.1, -0.05) is 20.8 Å². The number of aryl methyl sites for hydroxylation is 2. The number of rotatable bonds is 1. The van der Waals surface area contributed by atoms with E-state index in [1.807, 2.05) is 19.1 Å². The maximum Gasteiger partial charge on any atom is 0.260 e. The molecule has 0 saturated heterocycles. The summed E-state index contributed by atoms with van der Waals surface area (Å²) in [5.74, 6) is 2.60. The van der Waals surface area contributed by atoms with E-state index < -0.39 is 0 Å². The van der Waals surface area contributed by atoms with E-state index in [-0.39, 0.29) is 5.56 Å². The van der Waals surface area contributed by atoms with E-state index in [0.717, 1.165) is 35.2 Å². The number of nitrogens with zero attached hydrogens (tertiary/aromatic N) is 1. The second-order valence-electron chi connectivity index (χ2n) is 7.81. The molecular formula is C19H22N2O2S. The summed E-state index contributed by atoms with van der Waals surface area (Å²) in [5.41, 5.74) is 1.46. The quantitative estimate of drug-likeness (QED) is 0.697. The normalized spacial score (nSPS) is 18.1. The van der Waals surface area contributed by atoms with Crippen molar-refractivity contribution in [3.05, 3.63) is 38.7 Å². The van der Waals surface area contributed by atoms with Crippen LogP contribution in [-0.4, -0.2) is 9.97 Å². The zero-order valence-electron chi connectivity index (χ0n) is 14.5. The highest BCUT2D eigenvalue weighted by molar-refractivity contribution is 7.18. The Morgan fingerprint density at radius 2 is 2.12 bits per heavy atom. The minimum atomic E-state index is -0.0456. The van der Waals surface area contributed by atoms with Gasteiger partial charge in [0, 0.05) is 4.88 Å². The highest BCUT2D eigenvalue weighted by Gasteiger charge is 2.31. The van der Waals surface area contributed by atoms with Crippen LogP contribution in [0.2, 0.25) is 0 Å². The van der Waals surface area contributed by atoms with Crippen LogP contribution in [0.4, 0.5) is 0 Å². The van der Waals surface area contributed by atoms with Crippen molar-refractivity contribution >= 4 is 21.6 Å². The molecule has 3 aromatic heterocycles. The molecule has 4 rings (SSSR count). The van der Waals surface area contributed by atoms with Gasteiger partial charge >= 0.3 is 0 Å². The zero-order chi connectivity index (χ0) is 17.1. The lowest BCUT2D eigenvalue weighted by molar-refractivity contribution is 0.218. The Labute approximate surface area is 144 Å². The second kappa shape index (κ2) is 5.31. The number of hydrogen-bond acceptors (Lipinski definition) is 4. The molecule has 1 aliphatic rings. The van der Waals surface area contributed by atoms with Gasteiger partial charge in [-0.2, -0.15) is 0 Å². The van der Waals surface area contributed by atoms with Crippen LogP contribution in [0.1, 0.15) is 43.4 Å². The molecule has 1 atom stereocenters. The van der Waals surface area contributed by atoms with Crippen LogP contribution in [0.25, 0.3) is 21.8 Å². The van der Waals surface area contributed by atoms with Crippen LogP contribution in [0.5, 0.6) is 0 Å². The van der Waals surface area contributed by atoms with E-state index >= 15 is 0 Å². The van der Waals surface area contributed by atoms with E-state index in [1.54, 1.807) is 11.3 Å². The predicted octanol–water partition coefficient (Wildman–Crippen LogP) is 4.70. The number of aromatic amines is 1. The number of nitrogens with one attached hydrogen (secondary N) is 1. The smallest absolute Gasteiger partial charge is 0.260 e. The molecule has 4 nitrogen and oxygen atoms in total. The third-order valence-corrected chi connectivity index (χ3v) is 6.27. The van der Waals surface area contributed by atoms with Gasteiger partial charge in [0.15, 0.2) is 11.6 Å². The van der Waals surface area contributed by atoms with Crippen LogP contribution < -0.4 is 5.56 Å². The lowest BCUT2D eigenvalue weighted by atomic mass is 9.72. The van der Waals surface area contributed by atoms with E-state index in [1.165, 1.54) is 10.4 Å². The van der Waals surface area contributed by atoms with E-state index in [0.29, 0.717) is 22.9 Å². The average molecular weight is 342 g/mol. The molecular weight excluding hydrogens is 320 g/mol. The lowest BCUT2D eigenvalue weighted by Gasteiger charge is -2.33. The number of hydrogen-bond donors (Lipinski definition) is 1. The summed E-state index contributed by atoms with van der Waals surface area (Å²) in [5, 5.41) is 0.786. The van der Waals surface area contributed by atoms with Crippen molar-refractivity contribution in [1.82, 2.24) is 9.97 Å². The number of fused-ring (bicyclic) bond motifs is 3. The van der Waals surface area contributed by atoms with Crippen LogP contribution >= 0.6 is 11.3 Å². The van der Waals surface area contributed by atoms with Gasteiger partial charge in [0.25, 0.3) is 5.56 Å². The van der Waals surface area contributed by atoms with Crippen molar-refractivity contribution in [3.63, 3.8) is 0 Å². The summed E-state index contributed by atoms with van der Waals surface area (Å²) in [6, 6.07) is 3.73. The molecule has 0 saturated carbocycles. The number of aromatic nitrogens is 2. The van der Waals surface area contributed by atoms with Crippen molar-refractivity contribution in [1.29, 1.82) is 0 Å². The van der Waals surface area contributed by atoms with E-state index in [2.05, 4.69) is 30.7 Å². The molecule has 0 amide bonds. The molecule has 0 aromatic carbocycles. The summed E-state index contributed by atoms with van der Waals surface area (Å²) in [7, 11) is 0. The van der Waals surface area contributed by atoms with Crippen LogP contribution in [0.15, 0.2) is 21.3 Å². The van der Waals surface area contributed by atoms with E-state index in [9.17, 15) is 4.79 Å².